The Morgan fingerprint density at radius 3 is 3.00 bits per heavy atom. The highest BCUT2D eigenvalue weighted by Crippen LogP contribution is 2.22. The number of thiazole rings is 1. The maximum absolute atomic E-state index is 12.0. The molecule has 1 aromatic heterocycles. The number of rotatable bonds is 8. The number of benzene rings is 1. The monoisotopic (exact) mass is 424 g/mol. The van der Waals surface area contributed by atoms with E-state index in [2.05, 4.69) is 38.4 Å². The van der Waals surface area contributed by atoms with Crippen LogP contribution in [0.1, 0.15) is 29.7 Å². The van der Waals surface area contributed by atoms with E-state index >= 15 is 0 Å². The second-order valence-electron chi connectivity index (χ2n) is 5.94. The molecule has 1 N–H and O–H groups in total. The summed E-state index contributed by atoms with van der Waals surface area (Å²) >= 11 is 4.94. The lowest BCUT2D eigenvalue weighted by Crippen LogP contribution is -2.18. The minimum Gasteiger partial charge on any atom is -0.378 e. The van der Waals surface area contributed by atoms with Gasteiger partial charge in [0.1, 0.15) is 0 Å². The smallest absolute Gasteiger partial charge is 0.228 e. The van der Waals surface area contributed by atoms with E-state index in [0.29, 0.717) is 24.8 Å². The fourth-order valence-electron chi connectivity index (χ4n) is 2.59. The Morgan fingerprint density at radius 1 is 1.40 bits per heavy atom. The summed E-state index contributed by atoms with van der Waals surface area (Å²) < 4.78 is 12.1. The second kappa shape index (κ2) is 9.43. The van der Waals surface area contributed by atoms with Gasteiger partial charge in [0.15, 0.2) is 5.13 Å². The van der Waals surface area contributed by atoms with E-state index in [0.717, 1.165) is 35.2 Å². The van der Waals surface area contributed by atoms with Crippen LogP contribution in [0.5, 0.6) is 0 Å². The van der Waals surface area contributed by atoms with Crippen molar-refractivity contribution in [3.05, 3.63) is 45.4 Å². The molecular weight excluding hydrogens is 404 g/mol. The number of hydrogen-bond donors (Lipinski definition) is 1. The number of nitrogens with one attached hydrogen (secondary N) is 1. The average Bonchev–Trinajstić information content (AvgIpc) is 3.26. The molecule has 1 amide bonds. The lowest BCUT2D eigenvalue weighted by molar-refractivity contribution is -0.117. The topological polar surface area (TPSA) is 60.5 Å². The van der Waals surface area contributed by atoms with Crippen LogP contribution in [0.15, 0.2) is 34.9 Å². The first-order valence-corrected chi connectivity index (χ1v) is 9.98. The minimum atomic E-state index is -0.0723. The van der Waals surface area contributed by atoms with Gasteiger partial charge in [0.2, 0.25) is 5.91 Å². The Kier molecular flexibility index (Phi) is 6.98. The molecule has 0 saturated carbocycles. The summed E-state index contributed by atoms with van der Waals surface area (Å²) in [5.74, 6) is -0.0723. The Bertz CT molecular complexity index is 684. The first-order chi connectivity index (χ1) is 12.2. The summed E-state index contributed by atoms with van der Waals surface area (Å²) in [7, 11) is 0. The number of ether oxygens (including phenoxy) is 2. The molecule has 1 aromatic carbocycles. The summed E-state index contributed by atoms with van der Waals surface area (Å²) in [6, 6.07) is 8.20. The highest BCUT2D eigenvalue weighted by molar-refractivity contribution is 9.10. The van der Waals surface area contributed by atoms with E-state index in [-0.39, 0.29) is 12.0 Å². The van der Waals surface area contributed by atoms with Crippen molar-refractivity contribution in [2.75, 3.05) is 25.1 Å². The lowest BCUT2D eigenvalue weighted by Gasteiger charge is -2.09. The highest BCUT2D eigenvalue weighted by atomic mass is 79.9. The molecule has 3 rings (SSSR count). The molecule has 1 fully saturated rings. The molecule has 0 spiro atoms. The van der Waals surface area contributed by atoms with Crippen LogP contribution in [0.25, 0.3) is 0 Å². The quantitative estimate of drug-likeness (QED) is 0.649. The molecule has 25 heavy (non-hydrogen) atoms. The van der Waals surface area contributed by atoms with E-state index in [9.17, 15) is 4.79 Å². The van der Waals surface area contributed by atoms with Gasteiger partial charge in [0, 0.05) is 28.6 Å². The SMILES string of the molecule is O=C(CCOCC1CCCO1)Nc1ncc(Cc2ccc(Br)cc2)s1. The first-order valence-electron chi connectivity index (χ1n) is 8.37. The first kappa shape index (κ1) is 18.5. The maximum Gasteiger partial charge on any atom is 0.228 e. The molecular formula is C18H21BrN2O3S. The van der Waals surface area contributed by atoms with Gasteiger partial charge in [-0.25, -0.2) is 4.98 Å². The molecule has 1 aliphatic rings. The molecule has 2 heterocycles. The predicted octanol–water partition coefficient (Wildman–Crippen LogP) is 4.02. The summed E-state index contributed by atoms with van der Waals surface area (Å²) in [5.41, 5.74) is 1.22. The molecule has 7 heteroatoms. The zero-order valence-electron chi connectivity index (χ0n) is 13.9. The Hall–Kier alpha value is -1.28. The molecule has 5 nitrogen and oxygen atoms in total. The third kappa shape index (κ3) is 6.18. The van der Waals surface area contributed by atoms with Crippen LogP contribution < -0.4 is 5.32 Å². The van der Waals surface area contributed by atoms with Crippen LogP contribution >= 0.6 is 27.3 Å². The molecule has 0 radical (unpaired) electrons. The predicted molar refractivity (Wildman–Crippen MR) is 102 cm³/mol. The van der Waals surface area contributed by atoms with Gasteiger partial charge < -0.3 is 14.8 Å². The van der Waals surface area contributed by atoms with Gasteiger partial charge in [-0.05, 0) is 30.5 Å². The van der Waals surface area contributed by atoms with Crippen molar-refractivity contribution in [2.24, 2.45) is 0 Å². The molecule has 0 bridgehead atoms. The van der Waals surface area contributed by atoms with Crippen LogP contribution in [0.3, 0.4) is 0 Å². The number of anilines is 1. The van der Waals surface area contributed by atoms with Gasteiger partial charge in [-0.15, -0.1) is 11.3 Å². The second-order valence-corrected chi connectivity index (χ2v) is 7.97. The molecule has 134 valence electrons. The van der Waals surface area contributed by atoms with Crippen LogP contribution in [0, 0.1) is 0 Å². The van der Waals surface area contributed by atoms with E-state index in [1.54, 1.807) is 0 Å². The van der Waals surface area contributed by atoms with Crippen LogP contribution in [-0.4, -0.2) is 36.8 Å². The van der Waals surface area contributed by atoms with Crippen molar-refractivity contribution in [3.8, 4) is 0 Å². The van der Waals surface area contributed by atoms with E-state index in [1.807, 2.05) is 18.3 Å². The molecule has 1 saturated heterocycles. The number of hydrogen-bond acceptors (Lipinski definition) is 5. The summed E-state index contributed by atoms with van der Waals surface area (Å²) in [5, 5.41) is 3.47. The van der Waals surface area contributed by atoms with Crippen molar-refractivity contribution in [1.29, 1.82) is 0 Å². The van der Waals surface area contributed by atoms with Gasteiger partial charge in [-0.1, -0.05) is 28.1 Å². The van der Waals surface area contributed by atoms with E-state index in [4.69, 9.17) is 9.47 Å². The molecule has 1 atom stereocenters. The van der Waals surface area contributed by atoms with Crippen molar-refractivity contribution >= 4 is 38.3 Å². The van der Waals surface area contributed by atoms with Crippen LogP contribution in [0.4, 0.5) is 5.13 Å². The van der Waals surface area contributed by atoms with Crippen LogP contribution in [0.2, 0.25) is 0 Å². The van der Waals surface area contributed by atoms with Gasteiger partial charge in [0.05, 0.1) is 25.7 Å². The summed E-state index contributed by atoms with van der Waals surface area (Å²) in [6.07, 6.45) is 5.30. The number of carbonyl (C=O) groups is 1. The van der Waals surface area contributed by atoms with E-state index < -0.39 is 0 Å². The molecule has 0 aliphatic carbocycles. The molecule has 1 aliphatic heterocycles. The van der Waals surface area contributed by atoms with Gasteiger partial charge >= 0.3 is 0 Å². The van der Waals surface area contributed by atoms with Gasteiger partial charge in [-0.2, -0.15) is 0 Å². The zero-order valence-corrected chi connectivity index (χ0v) is 16.3. The normalized spacial score (nSPS) is 16.9. The molecule has 1 unspecified atom stereocenters. The van der Waals surface area contributed by atoms with Gasteiger partial charge in [0.25, 0.3) is 0 Å². The van der Waals surface area contributed by atoms with Crippen LogP contribution in [-0.2, 0) is 20.7 Å². The fraction of sp³-hybridized carbons (Fsp3) is 0.444. The Balaban J connectivity index is 1.38. The lowest BCUT2D eigenvalue weighted by atomic mass is 10.1. The van der Waals surface area contributed by atoms with Crippen molar-refractivity contribution in [3.63, 3.8) is 0 Å². The highest BCUT2D eigenvalue weighted by Gasteiger charge is 2.15. The summed E-state index contributed by atoms with van der Waals surface area (Å²) in [4.78, 5) is 17.3. The number of carbonyl (C=O) groups excluding carboxylic acids is 1. The average molecular weight is 425 g/mol. The third-order valence-electron chi connectivity index (χ3n) is 3.89. The third-order valence-corrected chi connectivity index (χ3v) is 5.33. The van der Waals surface area contributed by atoms with E-state index in [1.165, 1.54) is 16.9 Å². The zero-order chi connectivity index (χ0) is 17.5. The van der Waals surface area contributed by atoms with Crippen molar-refractivity contribution < 1.29 is 14.3 Å². The maximum atomic E-state index is 12.0. The fourth-order valence-corrected chi connectivity index (χ4v) is 3.71. The summed E-state index contributed by atoms with van der Waals surface area (Å²) in [6.45, 7) is 1.80. The van der Waals surface area contributed by atoms with Gasteiger partial charge in [-0.3, -0.25) is 4.79 Å². The Labute approximate surface area is 159 Å². The number of halogens is 1. The van der Waals surface area contributed by atoms with Crippen molar-refractivity contribution in [1.82, 2.24) is 4.98 Å². The Morgan fingerprint density at radius 2 is 2.24 bits per heavy atom. The standard InChI is InChI=1S/C18H21BrN2O3S/c19-14-5-3-13(4-6-14)10-16-11-20-18(25-16)21-17(22)7-9-23-12-15-2-1-8-24-15/h3-6,11,15H,1-2,7-10,12H2,(H,20,21,22). The molecule has 2 aromatic rings. The largest absolute Gasteiger partial charge is 0.378 e. The minimum absolute atomic E-state index is 0.0723. The number of amides is 1. The number of aromatic nitrogens is 1. The number of nitrogens with zero attached hydrogens (tertiary/aromatic N) is 1. The van der Waals surface area contributed by atoms with Crippen molar-refractivity contribution in [2.45, 2.75) is 31.8 Å².